The van der Waals surface area contributed by atoms with Gasteiger partial charge in [0.05, 0.1) is 13.2 Å². The van der Waals surface area contributed by atoms with E-state index in [1.54, 1.807) is 14.0 Å². The number of benzene rings is 1. The summed E-state index contributed by atoms with van der Waals surface area (Å²) in [6, 6.07) is 7.88. The Balaban J connectivity index is 0.00000729. The molecule has 28 heavy (non-hydrogen) atoms. The second kappa shape index (κ2) is 15.2. The molecule has 160 valence electrons. The molecule has 7 nitrogen and oxygen atoms in total. The summed E-state index contributed by atoms with van der Waals surface area (Å²) < 4.78 is 10.6. The highest BCUT2D eigenvalue weighted by Crippen LogP contribution is 2.17. The number of nitrogens with one attached hydrogen (secondary N) is 3. The van der Waals surface area contributed by atoms with Gasteiger partial charge in [-0.05, 0) is 32.3 Å². The van der Waals surface area contributed by atoms with Crippen molar-refractivity contribution in [2.24, 2.45) is 10.9 Å². The Kier molecular flexibility index (Phi) is 14.3. The highest BCUT2D eigenvalue weighted by atomic mass is 127. The topological polar surface area (TPSA) is 84.0 Å². The molecule has 3 N–H and O–H groups in total. The average Bonchev–Trinajstić information content (AvgIpc) is 2.62. The summed E-state index contributed by atoms with van der Waals surface area (Å²) in [5.41, 5.74) is 1.06. The van der Waals surface area contributed by atoms with Gasteiger partial charge < -0.3 is 25.4 Å². The van der Waals surface area contributed by atoms with Crippen LogP contribution in [0, 0.1) is 5.92 Å². The Labute approximate surface area is 186 Å². The van der Waals surface area contributed by atoms with Crippen LogP contribution >= 0.6 is 24.0 Å². The molecule has 1 atom stereocenters. The van der Waals surface area contributed by atoms with Gasteiger partial charge in [-0.25, -0.2) is 4.79 Å². The first-order valence-electron chi connectivity index (χ1n) is 9.58. The van der Waals surface area contributed by atoms with Gasteiger partial charge in [0.2, 0.25) is 0 Å². The molecular formula is C20H35IN4O3. The van der Waals surface area contributed by atoms with Gasteiger partial charge in [-0.1, -0.05) is 32.0 Å². The summed E-state index contributed by atoms with van der Waals surface area (Å²) in [5, 5.41) is 9.46. The molecule has 0 aliphatic carbocycles. The first-order chi connectivity index (χ1) is 13.0. The third-order valence-electron chi connectivity index (χ3n) is 3.81. The largest absolute Gasteiger partial charge is 0.494 e. The van der Waals surface area contributed by atoms with Crippen LogP contribution in [0.1, 0.15) is 39.7 Å². The predicted octanol–water partition coefficient (Wildman–Crippen LogP) is 3.53. The summed E-state index contributed by atoms with van der Waals surface area (Å²) in [6.07, 6.45) is 0.453. The highest BCUT2D eigenvalue weighted by Gasteiger charge is 2.15. The zero-order valence-electron chi connectivity index (χ0n) is 17.6. The van der Waals surface area contributed by atoms with Crippen molar-refractivity contribution < 1.29 is 14.3 Å². The SMILES string of the molecule is CCOC(=O)NC(CNC(=NC)NCc1ccccc1OCC)CC(C)C.I. The van der Waals surface area contributed by atoms with E-state index in [9.17, 15) is 4.79 Å². The zero-order valence-corrected chi connectivity index (χ0v) is 19.9. The maximum Gasteiger partial charge on any atom is 0.407 e. The molecule has 8 heteroatoms. The lowest BCUT2D eigenvalue weighted by molar-refractivity contribution is 0.146. The molecule has 1 rings (SSSR count). The van der Waals surface area contributed by atoms with E-state index in [0.29, 0.717) is 38.2 Å². The molecule has 0 fully saturated rings. The molecule has 0 aliphatic heterocycles. The van der Waals surface area contributed by atoms with Gasteiger partial charge in [0, 0.05) is 31.7 Å². The van der Waals surface area contributed by atoms with E-state index in [1.807, 2.05) is 31.2 Å². The number of guanidine groups is 1. The van der Waals surface area contributed by atoms with Gasteiger partial charge in [-0.3, -0.25) is 4.99 Å². The van der Waals surface area contributed by atoms with Crippen molar-refractivity contribution in [1.82, 2.24) is 16.0 Å². The standard InChI is InChI=1S/C20H34N4O3.HI/c1-6-26-18-11-9-8-10-16(18)13-22-19(21-5)23-14-17(12-15(3)4)24-20(25)27-7-2;/h8-11,15,17H,6-7,12-14H2,1-5H3,(H,24,25)(H2,21,22,23);1H. The van der Waals surface area contributed by atoms with Crippen LogP contribution in [0.4, 0.5) is 4.79 Å². The second-order valence-electron chi connectivity index (χ2n) is 6.54. The molecule has 1 amide bonds. The lowest BCUT2D eigenvalue weighted by atomic mass is 10.0. The van der Waals surface area contributed by atoms with Crippen LogP contribution in [-0.2, 0) is 11.3 Å². The van der Waals surface area contributed by atoms with Crippen LogP contribution in [0.3, 0.4) is 0 Å². The number of alkyl carbamates (subject to hydrolysis) is 1. The number of carbonyl (C=O) groups excluding carboxylic acids is 1. The van der Waals surface area contributed by atoms with E-state index in [1.165, 1.54) is 0 Å². The maximum atomic E-state index is 11.7. The number of aliphatic imine (C=N–C) groups is 1. The van der Waals surface area contributed by atoms with Crippen molar-refractivity contribution in [3.8, 4) is 5.75 Å². The lowest BCUT2D eigenvalue weighted by Gasteiger charge is -2.22. The number of ether oxygens (including phenoxy) is 2. The molecular weight excluding hydrogens is 471 g/mol. The molecule has 0 saturated heterocycles. The van der Waals surface area contributed by atoms with Crippen LogP contribution < -0.4 is 20.7 Å². The number of hydrogen-bond donors (Lipinski definition) is 3. The smallest absolute Gasteiger partial charge is 0.407 e. The Morgan fingerprint density at radius 2 is 1.86 bits per heavy atom. The van der Waals surface area contributed by atoms with Gasteiger partial charge >= 0.3 is 6.09 Å². The zero-order chi connectivity index (χ0) is 20.1. The third kappa shape index (κ3) is 10.6. The summed E-state index contributed by atoms with van der Waals surface area (Å²) in [7, 11) is 1.72. The molecule has 0 radical (unpaired) electrons. The second-order valence-corrected chi connectivity index (χ2v) is 6.54. The van der Waals surface area contributed by atoms with Gasteiger partial charge in [0.1, 0.15) is 5.75 Å². The van der Waals surface area contributed by atoms with E-state index >= 15 is 0 Å². The number of halogens is 1. The summed E-state index contributed by atoms with van der Waals surface area (Å²) in [5.74, 6) is 1.98. The number of nitrogens with zero attached hydrogens (tertiary/aromatic N) is 1. The van der Waals surface area contributed by atoms with Gasteiger partial charge in [0.15, 0.2) is 5.96 Å². The minimum absolute atomic E-state index is 0. The number of amides is 1. The van der Waals surface area contributed by atoms with E-state index in [-0.39, 0.29) is 30.0 Å². The summed E-state index contributed by atoms with van der Waals surface area (Å²) in [4.78, 5) is 16.0. The molecule has 0 spiro atoms. The third-order valence-corrected chi connectivity index (χ3v) is 3.81. The fourth-order valence-electron chi connectivity index (χ4n) is 2.67. The Hall–Kier alpha value is -1.71. The van der Waals surface area contributed by atoms with Crippen molar-refractivity contribution in [2.45, 2.75) is 46.7 Å². The van der Waals surface area contributed by atoms with Crippen molar-refractivity contribution in [3.63, 3.8) is 0 Å². The quantitative estimate of drug-likeness (QED) is 0.257. The highest BCUT2D eigenvalue weighted by molar-refractivity contribution is 14.0. The molecule has 0 bridgehead atoms. The molecule has 0 heterocycles. The van der Waals surface area contributed by atoms with Crippen molar-refractivity contribution >= 4 is 36.0 Å². The summed E-state index contributed by atoms with van der Waals surface area (Å²) in [6.45, 7) is 10.1. The molecule has 0 aliphatic rings. The molecule has 0 aromatic heterocycles. The molecule has 0 saturated carbocycles. The van der Waals surface area contributed by atoms with Gasteiger partial charge in [0.25, 0.3) is 0 Å². The maximum absolute atomic E-state index is 11.7. The number of carbonyl (C=O) groups is 1. The Bertz CT molecular complexity index is 597. The first kappa shape index (κ1) is 26.3. The minimum atomic E-state index is -0.390. The van der Waals surface area contributed by atoms with Crippen molar-refractivity contribution in [1.29, 1.82) is 0 Å². The minimum Gasteiger partial charge on any atom is -0.494 e. The van der Waals surface area contributed by atoms with E-state index in [2.05, 4.69) is 34.8 Å². The molecule has 1 aromatic carbocycles. The number of hydrogen-bond acceptors (Lipinski definition) is 4. The Morgan fingerprint density at radius 3 is 2.46 bits per heavy atom. The van der Waals surface area contributed by atoms with Crippen LogP contribution in [0.15, 0.2) is 29.3 Å². The summed E-state index contributed by atoms with van der Waals surface area (Å²) >= 11 is 0. The molecule has 1 aromatic rings. The normalized spacial score (nSPS) is 12.0. The van der Waals surface area contributed by atoms with Crippen LogP contribution in [0.25, 0.3) is 0 Å². The van der Waals surface area contributed by atoms with Crippen LogP contribution in [-0.4, -0.2) is 44.9 Å². The molecule has 1 unspecified atom stereocenters. The lowest BCUT2D eigenvalue weighted by Crippen LogP contribution is -2.47. The number of para-hydroxylation sites is 1. The van der Waals surface area contributed by atoms with Crippen LogP contribution in [0.2, 0.25) is 0 Å². The fourth-order valence-corrected chi connectivity index (χ4v) is 2.67. The van der Waals surface area contributed by atoms with Crippen LogP contribution in [0.5, 0.6) is 5.75 Å². The monoisotopic (exact) mass is 506 g/mol. The average molecular weight is 506 g/mol. The van der Waals surface area contributed by atoms with E-state index in [0.717, 1.165) is 17.7 Å². The number of rotatable bonds is 10. The fraction of sp³-hybridized carbons (Fsp3) is 0.600. The predicted molar refractivity (Wildman–Crippen MR) is 125 cm³/mol. The van der Waals surface area contributed by atoms with Gasteiger partial charge in [-0.15, -0.1) is 24.0 Å². The Morgan fingerprint density at radius 1 is 1.14 bits per heavy atom. The van der Waals surface area contributed by atoms with Crippen molar-refractivity contribution in [2.75, 3.05) is 26.8 Å². The van der Waals surface area contributed by atoms with E-state index in [4.69, 9.17) is 9.47 Å². The van der Waals surface area contributed by atoms with Crippen molar-refractivity contribution in [3.05, 3.63) is 29.8 Å². The first-order valence-corrected chi connectivity index (χ1v) is 9.58. The van der Waals surface area contributed by atoms with E-state index < -0.39 is 6.09 Å². The van der Waals surface area contributed by atoms with Gasteiger partial charge in [-0.2, -0.15) is 0 Å².